The molecule has 96 valence electrons. The van der Waals surface area contributed by atoms with Crippen LogP contribution in [0.3, 0.4) is 0 Å². The van der Waals surface area contributed by atoms with Gasteiger partial charge in [-0.05, 0) is 28.9 Å². The van der Waals surface area contributed by atoms with Gasteiger partial charge in [-0.15, -0.1) is 0 Å². The van der Waals surface area contributed by atoms with Crippen molar-refractivity contribution in [2.75, 3.05) is 14.2 Å². The Kier molecular flexibility index (Phi) is 5.91. The van der Waals surface area contributed by atoms with Crippen molar-refractivity contribution in [2.24, 2.45) is 0 Å². The minimum Gasteiger partial charge on any atom is -0.506 e. The number of phenolic OH excluding ortho intramolecular Hbond substituents is 1. The Labute approximate surface area is 110 Å². The Bertz CT molecular complexity index is 356. The summed E-state index contributed by atoms with van der Waals surface area (Å²) in [5.74, 6) is 0.263. The van der Waals surface area contributed by atoms with Gasteiger partial charge in [0.25, 0.3) is 0 Å². The summed E-state index contributed by atoms with van der Waals surface area (Å²) in [5.41, 5.74) is 0.831. The lowest BCUT2D eigenvalue weighted by molar-refractivity contribution is -0.119. The van der Waals surface area contributed by atoms with Crippen LogP contribution in [0.25, 0.3) is 0 Å². The molecule has 0 aromatic heterocycles. The minimum absolute atomic E-state index is 0.0309. The normalized spacial score (nSPS) is 13.0. The fraction of sp³-hybridized carbons (Fsp3) is 0.500. The number of aromatic hydroxyl groups is 1. The predicted octanol–water partition coefficient (Wildman–Crippen LogP) is 2.25. The monoisotopic (exact) mass is 303 g/mol. The van der Waals surface area contributed by atoms with Crippen molar-refractivity contribution in [1.29, 1.82) is 0 Å². The van der Waals surface area contributed by atoms with Crippen molar-refractivity contribution in [3.8, 4) is 5.75 Å². The summed E-state index contributed by atoms with van der Waals surface area (Å²) in [4.78, 5) is 0. The van der Waals surface area contributed by atoms with Gasteiger partial charge in [0.1, 0.15) is 5.75 Å². The van der Waals surface area contributed by atoms with Crippen LogP contribution in [0.2, 0.25) is 0 Å². The first-order chi connectivity index (χ1) is 8.10. The zero-order chi connectivity index (χ0) is 12.8. The van der Waals surface area contributed by atoms with E-state index in [1.807, 2.05) is 19.1 Å². The lowest BCUT2D eigenvalue weighted by Gasteiger charge is -2.22. The molecular formula is C12H18BrNO3. The molecule has 1 atom stereocenters. The molecule has 5 heteroatoms. The molecule has 1 aromatic carbocycles. The highest BCUT2D eigenvalue weighted by Crippen LogP contribution is 2.27. The number of hydrogen-bond acceptors (Lipinski definition) is 4. The van der Waals surface area contributed by atoms with Crippen LogP contribution in [-0.2, 0) is 16.0 Å². The molecule has 0 spiro atoms. The van der Waals surface area contributed by atoms with Crippen molar-refractivity contribution in [1.82, 2.24) is 5.32 Å². The first-order valence-electron chi connectivity index (χ1n) is 5.35. The Morgan fingerprint density at radius 1 is 1.35 bits per heavy atom. The molecule has 0 aliphatic rings. The molecule has 0 radical (unpaired) electrons. The number of ether oxygens (including phenoxy) is 2. The smallest absolute Gasteiger partial charge is 0.171 e. The summed E-state index contributed by atoms with van der Waals surface area (Å²) < 4.78 is 11.0. The number of methoxy groups -OCH3 is 2. The van der Waals surface area contributed by atoms with Crippen LogP contribution < -0.4 is 5.32 Å². The molecule has 17 heavy (non-hydrogen) atoms. The molecule has 0 saturated carbocycles. The van der Waals surface area contributed by atoms with Gasteiger partial charge in [0, 0.05) is 26.3 Å². The molecule has 1 rings (SSSR count). The third-order valence-corrected chi connectivity index (χ3v) is 3.20. The van der Waals surface area contributed by atoms with E-state index in [0.717, 1.165) is 5.56 Å². The second kappa shape index (κ2) is 6.96. The van der Waals surface area contributed by atoms with Gasteiger partial charge in [-0.25, -0.2) is 0 Å². The average molecular weight is 304 g/mol. The number of phenols is 1. The Morgan fingerprint density at radius 2 is 2.00 bits per heavy atom. The summed E-state index contributed by atoms with van der Waals surface area (Å²) in [6, 6.07) is 5.59. The topological polar surface area (TPSA) is 50.7 Å². The van der Waals surface area contributed by atoms with E-state index in [2.05, 4.69) is 21.2 Å². The maximum absolute atomic E-state index is 9.81. The molecule has 2 N–H and O–H groups in total. The maximum Gasteiger partial charge on any atom is 0.171 e. The van der Waals surface area contributed by atoms with Crippen LogP contribution in [0.5, 0.6) is 5.75 Å². The number of halogens is 1. The number of nitrogens with one attached hydrogen (secondary N) is 1. The first-order valence-corrected chi connectivity index (χ1v) is 6.14. The van der Waals surface area contributed by atoms with Crippen LogP contribution in [0.4, 0.5) is 0 Å². The van der Waals surface area contributed by atoms with Gasteiger partial charge in [-0.2, -0.15) is 0 Å². The van der Waals surface area contributed by atoms with Crippen molar-refractivity contribution in [3.63, 3.8) is 0 Å². The molecule has 0 fully saturated rings. The molecule has 0 heterocycles. The number of rotatable bonds is 6. The zero-order valence-electron chi connectivity index (χ0n) is 10.2. The summed E-state index contributed by atoms with van der Waals surface area (Å²) in [6.45, 7) is 2.52. The van der Waals surface area contributed by atoms with Gasteiger partial charge < -0.3 is 19.9 Å². The fourth-order valence-corrected chi connectivity index (χ4v) is 1.98. The van der Waals surface area contributed by atoms with E-state index in [9.17, 15) is 5.11 Å². The molecule has 4 nitrogen and oxygen atoms in total. The SMILES string of the molecule is COC(OC)C(C)NCc1cccc(Br)c1O. The van der Waals surface area contributed by atoms with Gasteiger partial charge in [-0.1, -0.05) is 12.1 Å². The molecule has 1 aromatic rings. The molecule has 1 unspecified atom stereocenters. The van der Waals surface area contributed by atoms with Crippen LogP contribution in [0.15, 0.2) is 22.7 Å². The fourth-order valence-electron chi connectivity index (χ4n) is 1.57. The zero-order valence-corrected chi connectivity index (χ0v) is 11.8. The van der Waals surface area contributed by atoms with Gasteiger partial charge in [0.2, 0.25) is 0 Å². The van der Waals surface area contributed by atoms with Crippen LogP contribution in [0.1, 0.15) is 12.5 Å². The van der Waals surface area contributed by atoms with Gasteiger partial charge >= 0.3 is 0 Å². The standard InChI is InChI=1S/C12H18BrNO3/c1-8(12(16-2)17-3)14-7-9-5-4-6-10(13)11(9)15/h4-6,8,12,14-15H,7H2,1-3H3. The lowest BCUT2D eigenvalue weighted by Crippen LogP contribution is -2.39. The molecule has 0 saturated heterocycles. The summed E-state index contributed by atoms with van der Waals surface area (Å²) in [5, 5.41) is 13.1. The van der Waals surface area contributed by atoms with Crippen molar-refractivity contribution < 1.29 is 14.6 Å². The molecular weight excluding hydrogens is 286 g/mol. The molecule has 0 aliphatic heterocycles. The number of benzene rings is 1. The van der Waals surface area contributed by atoms with E-state index in [0.29, 0.717) is 11.0 Å². The van der Waals surface area contributed by atoms with Crippen molar-refractivity contribution in [3.05, 3.63) is 28.2 Å². The molecule has 0 aliphatic carbocycles. The highest BCUT2D eigenvalue weighted by Gasteiger charge is 2.15. The second-order valence-corrected chi connectivity index (χ2v) is 4.61. The average Bonchev–Trinajstić information content (AvgIpc) is 2.32. The quantitative estimate of drug-likeness (QED) is 0.792. The van der Waals surface area contributed by atoms with E-state index < -0.39 is 0 Å². The van der Waals surface area contributed by atoms with Crippen molar-refractivity contribution in [2.45, 2.75) is 25.8 Å². The summed E-state index contributed by atoms with van der Waals surface area (Å²) in [6.07, 6.45) is -0.302. The third-order valence-electron chi connectivity index (χ3n) is 2.56. The van der Waals surface area contributed by atoms with E-state index in [-0.39, 0.29) is 18.1 Å². The van der Waals surface area contributed by atoms with Gasteiger partial charge in [-0.3, -0.25) is 0 Å². The Hall–Kier alpha value is -0.620. The predicted molar refractivity (Wildman–Crippen MR) is 69.9 cm³/mol. The van der Waals surface area contributed by atoms with E-state index >= 15 is 0 Å². The highest BCUT2D eigenvalue weighted by atomic mass is 79.9. The largest absolute Gasteiger partial charge is 0.506 e. The Morgan fingerprint density at radius 3 is 2.59 bits per heavy atom. The minimum atomic E-state index is -0.302. The Balaban J connectivity index is 2.58. The van der Waals surface area contributed by atoms with Crippen LogP contribution in [-0.4, -0.2) is 31.7 Å². The second-order valence-electron chi connectivity index (χ2n) is 3.76. The first kappa shape index (κ1) is 14.4. The summed E-state index contributed by atoms with van der Waals surface area (Å²) >= 11 is 3.28. The van der Waals surface area contributed by atoms with E-state index in [1.165, 1.54) is 0 Å². The van der Waals surface area contributed by atoms with Crippen LogP contribution in [0, 0.1) is 0 Å². The summed E-state index contributed by atoms with van der Waals surface area (Å²) in [7, 11) is 3.20. The van der Waals surface area contributed by atoms with Gasteiger partial charge in [0.15, 0.2) is 6.29 Å². The van der Waals surface area contributed by atoms with Crippen molar-refractivity contribution >= 4 is 15.9 Å². The molecule has 0 amide bonds. The third kappa shape index (κ3) is 3.96. The highest BCUT2D eigenvalue weighted by molar-refractivity contribution is 9.10. The molecule has 0 bridgehead atoms. The van der Waals surface area contributed by atoms with E-state index in [4.69, 9.17) is 9.47 Å². The number of para-hydroxylation sites is 1. The van der Waals surface area contributed by atoms with Crippen LogP contribution >= 0.6 is 15.9 Å². The van der Waals surface area contributed by atoms with Gasteiger partial charge in [0.05, 0.1) is 10.5 Å². The maximum atomic E-state index is 9.81. The number of hydrogen-bond donors (Lipinski definition) is 2. The lowest BCUT2D eigenvalue weighted by atomic mass is 10.2. The van der Waals surface area contributed by atoms with E-state index in [1.54, 1.807) is 20.3 Å².